The topological polar surface area (TPSA) is 51.2 Å². The maximum atomic E-state index is 4.73. The molecule has 1 aliphatic rings. The van der Waals surface area contributed by atoms with E-state index in [1.807, 2.05) is 36.7 Å². The molecule has 1 aliphatic heterocycles. The number of rotatable bonds is 4. The SMILES string of the molecule is Cc1nc(C)n(C[C@H]2CCCN2Cc2cn3ccccc3n2)n1. The van der Waals surface area contributed by atoms with Crippen LogP contribution in [0.4, 0.5) is 0 Å². The lowest BCUT2D eigenvalue weighted by atomic mass is 10.2. The van der Waals surface area contributed by atoms with Gasteiger partial charge in [0.1, 0.15) is 17.3 Å². The Morgan fingerprint density at radius 2 is 2.13 bits per heavy atom. The van der Waals surface area contributed by atoms with Crippen LogP contribution in [-0.4, -0.2) is 41.6 Å². The number of likely N-dealkylation sites (tertiary alicyclic amines) is 1. The number of fused-ring (bicyclic) bond motifs is 1. The normalized spacial score (nSPS) is 19.0. The Morgan fingerprint density at radius 1 is 1.22 bits per heavy atom. The minimum atomic E-state index is 0.514. The molecule has 3 aromatic heterocycles. The van der Waals surface area contributed by atoms with Gasteiger partial charge in [-0.1, -0.05) is 6.07 Å². The van der Waals surface area contributed by atoms with Crippen LogP contribution in [0, 0.1) is 13.8 Å². The van der Waals surface area contributed by atoms with E-state index in [0.717, 1.165) is 42.6 Å². The van der Waals surface area contributed by atoms with Crippen LogP contribution >= 0.6 is 0 Å². The Morgan fingerprint density at radius 3 is 2.91 bits per heavy atom. The molecule has 0 amide bonds. The number of pyridine rings is 1. The fraction of sp³-hybridized carbons (Fsp3) is 0.471. The predicted octanol–water partition coefficient (Wildman–Crippen LogP) is 2.21. The summed E-state index contributed by atoms with van der Waals surface area (Å²) in [5.41, 5.74) is 2.15. The summed E-state index contributed by atoms with van der Waals surface area (Å²) >= 11 is 0. The lowest BCUT2D eigenvalue weighted by Crippen LogP contribution is -2.33. The number of nitrogens with zero attached hydrogens (tertiary/aromatic N) is 6. The van der Waals surface area contributed by atoms with Crippen molar-refractivity contribution in [1.29, 1.82) is 0 Å². The van der Waals surface area contributed by atoms with Gasteiger partial charge in [0.2, 0.25) is 0 Å². The van der Waals surface area contributed by atoms with Crippen LogP contribution in [0.5, 0.6) is 0 Å². The fourth-order valence-electron chi connectivity index (χ4n) is 3.52. The van der Waals surface area contributed by atoms with Gasteiger partial charge in [0, 0.05) is 25.0 Å². The van der Waals surface area contributed by atoms with E-state index in [0.29, 0.717) is 6.04 Å². The molecule has 0 N–H and O–H groups in total. The predicted molar refractivity (Wildman–Crippen MR) is 88.1 cm³/mol. The van der Waals surface area contributed by atoms with Gasteiger partial charge in [-0.15, -0.1) is 0 Å². The van der Waals surface area contributed by atoms with E-state index in [9.17, 15) is 0 Å². The third-order valence-corrected chi connectivity index (χ3v) is 4.62. The van der Waals surface area contributed by atoms with Gasteiger partial charge in [0.15, 0.2) is 0 Å². The summed E-state index contributed by atoms with van der Waals surface area (Å²) in [6, 6.07) is 6.62. The van der Waals surface area contributed by atoms with Crippen LogP contribution in [0.25, 0.3) is 5.65 Å². The van der Waals surface area contributed by atoms with Gasteiger partial charge < -0.3 is 4.40 Å². The Kier molecular flexibility index (Phi) is 3.61. The van der Waals surface area contributed by atoms with Crippen molar-refractivity contribution in [2.24, 2.45) is 0 Å². The molecule has 6 nitrogen and oxygen atoms in total. The number of imidazole rings is 1. The van der Waals surface area contributed by atoms with Gasteiger partial charge in [-0.2, -0.15) is 5.10 Å². The molecule has 1 fully saturated rings. The van der Waals surface area contributed by atoms with Gasteiger partial charge in [0.05, 0.1) is 12.2 Å². The first kappa shape index (κ1) is 14.4. The molecule has 4 rings (SSSR count). The highest BCUT2D eigenvalue weighted by molar-refractivity contribution is 5.39. The van der Waals surface area contributed by atoms with Gasteiger partial charge in [0.25, 0.3) is 0 Å². The molecule has 120 valence electrons. The molecule has 0 aromatic carbocycles. The van der Waals surface area contributed by atoms with Crippen molar-refractivity contribution in [1.82, 2.24) is 29.0 Å². The third kappa shape index (κ3) is 2.86. The van der Waals surface area contributed by atoms with E-state index in [2.05, 4.69) is 31.8 Å². The molecule has 1 atom stereocenters. The van der Waals surface area contributed by atoms with Crippen molar-refractivity contribution >= 4 is 5.65 Å². The van der Waals surface area contributed by atoms with Crippen molar-refractivity contribution in [3.63, 3.8) is 0 Å². The van der Waals surface area contributed by atoms with E-state index in [-0.39, 0.29) is 0 Å². The fourth-order valence-corrected chi connectivity index (χ4v) is 3.52. The molecule has 3 aromatic rings. The van der Waals surface area contributed by atoms with Crippen LogP contribution in [0.15, 0.2) is 30.6 Å². The van der Waals surface area contributed by atoms with Crippen LogP contribution < -0.4 is 0 Å². The summed E-state index contributed by atoms with van der Waals surface area (Å²) < 4.78 is 4.13. The highest BCUT2D eigenvalue weighted by atomic mass is 15.4. The molecule has 0 aliphatic carbocycles. The van der Waals surface area contributed by atoms with E-state index in [1.165, 1.54) is 12.8 Å². The van der Waals surface area contributed by atoms with E-state index in [1.54, 1.807) is 0 Å². The first-order chi connectivity index (χ1) is 11.2. The summed E-state index contributed by atoms with van der Waals surface area (Å²) in [7, 11) is 0. The largest absolute Gasteiger partial charge is 0.307 e. The average molecular weight is 310 g/mol. The summed E-state index contributed by atoms with van der Waals surface area (Å²) in [4.78, 5) is 11.7. The molecule has 0 saturated carbocycles. The molecule has 0 bridgehead atoms. The molecule has 0 spiro atoms. The zero-order chi connectivity index (χ0) is 15.8. The first-order valence-corrected chi connectivity index (χ1v) is 8.24. The van der Waals surface area contributed by atoms with Gasteiger partial charge >= 0.3 is 0 Å². The molecule has 0 radical (unpaired) electrons. The Balaban J connectivity index is 1.50. The van der Waals surface area contributed by atoms with Crippen LogP contribution in [0.2, 0.25) is 0 Å². The molecule has 6 heteroatoms. The summed E-state index contributed by atoms with van der Waals surface area (Å²) in [5.74, 6) is 1.86. The maximum Gasteiger partial charge on any atom is 0.147 e. The minimum absolute atomic E-state index is 0.514. The first-order valence-electron chi connectivity index (χ1n) is 8.24. The summed E-state index contributed by atoms with van der Waals surface area (Å²) in [6.45, 7) is 6.93. The molecule has 0 unspecified atom stereocenters. The number of hydrogen-bond donors (Lipinski definition) is 0. The number of aryl methyl sites for hydroxylation is 2. The smallest absolute Gasteiger partial charge is 0.147 e. The van der Waals surface area contributed by atoms with Crippen molar-refractivity contribution in [2.45, 2.75) is 45.8 Å². The molecule has 23 heavy (non-hydrogen) atoms. The van der Waals surface area contributed by atoms with Crippen LogP contribution in [0.1, 0.15) is 30.2 Å². The van der Waals surface area contributed by atoms with Crippen LogP contribution in [-0.2, 0) is 13.1 Å². The maximum absolute atomic E-state index is 4.73. The van der Waals surface area contributed by atoms with Crippen molar-refractivity contribution in [2.75, 3.05) is 6.54 Å². The highest BCUT2D eigenvalue weighted by Crippen LogP contribution is 2.21. The number of hydrogen-bond acceptors (Lipinski definition) is 4. The Labute approximate surface area is 135 Å². The zero-order valence-electron chi connectivity index (χ0n) is 13.7. The lowest BCUT2D eigenvalue weighted by Gasteiger charge is -2.23. The van der Waals surface area contributed by atoms with Crippen molar-refractivity contribution < 1.29 is 0 Å². The Bertz CT molecular complexity index is 784. The second kappa shape index (κ2) is 5.77. The van der Waals surface area contributed by atoms with Gasteiger partial charge in [-0.05, 0) is 45.4 Å². The summed E-state index contributed by atoms with van der Waals surface area (Å²) in [6.07, 6.45) is 6.64. The van der Waals surface area contributed by atoms with Gasteiger partial charge in [-0.3, -0.25) is 4.90 Å². The van der Waals surface area contributed by atoms with Gasteiger partial charge in [-0.25, -0.2) is 14.6 Å². The standard InChI is InChI=1S/C17H22N6/c1-13-18-14(2)23(20-13)12-16-6-5-9-21(16)10-15-11-22-8-4-3-7-17(22)19-15/h3-4,7-8,11,16H,5-6,9-10,12H2,1-2H3/t16-/m1/s1. The lowest BCUT2D eigenvalue weighted by molar-refractivity contribution is 0.216. The summed E-state index contributed by atoms with van der Waals surface area (Å²) in [5, 5.41) is 4.51. The average Bonchev–Trinajstić information content (AvgIpc) is 3.20. The van der Waals surface area contributed by atoms with E-state index in [4.69, 9.17) is 4.98 Å². The van der Waals surface area contributed by atoms with Crippen molar-refractivity contribution in [3.05, 3.63) is 47.9 Å². The molecule has 4 heterocycles. The number of aromatic nitrogens is 5. The molecular weight excluding hydrogens is 288 g/mol. The van der Waals surface area contributed by atoms with Crippen molar-refractivity contribution in [3.8, 4) is 0 Å². The van der Waals surface area contributed by atoms with Crippen LogP contribution in [0.3, 0.4) is 0 Å². The molecular formula is C17H22N6. The quantitative estimate of drug-likeness (QED) is 0.741. The third-order valence-electron chi connectivity index (χ3n) is 4.62. The highest BCUT2D eigenvalue weighted by Gasteiger charge is 2.26. The molecule has 1 saturated heterocycles. The second-order valence-corrected chi connectivity index (χ2v) is 6.35. The minimum Gasteiger partial charge on any atom is -0.307 e. The second-order valence-electron chi connectivity index (χ2n) is 6.35. The monoisotopic (exact) mass is 310 g/mol. The van der Waals surface area contributed by atoms with E-state index >= 15 is 0 Å². The zero-order valence-corrected chi connectivity index (χ0v) is 13.7. The Hall–Kier alpha value is -2.21. The van der Waals surface area contributed by atoms with E-state index < -0.39 is 0 Å².